The smallest absolute Gasteiger partial charge is 0.150 e. The molecule has 1 aliphatic carbocycles. The summed E-state index contributed by atoms with van der Waals surface area (Å²) in [6.45, 7) is 5.28. The van der Waals surface area contributed by atoms with Crippen LogP contribution in [0.1, 0.15) is 44.8 Å². The van der Waals surface area contributed by atoms with Gasteiger partial charge in [-0.05, 0) is 32.7 Å². The van der Waals surface area contributed by atoms with E-state index < -0.39 is 0 Å². The van der Waals surface area contributed by atoms with E-state index in [1.54, 1.807) is 0 Å². The molecule has 1 unspecified atom stereocenters. The van der Waals surface area contributed by atoms with E-state index in [0.29, 0.717) is 6.04 Å². The number of nitrogens with zero attached hydrogens (tertiary/aromatic N) is 3. The van der Waals surface area contributed by atoms with Crippen molar-refractivity contribution in [2.45, 2.75) is 52.1 Å². The van der Waals surface area contributed by atoms with Gasteiger partial charge in [-0.25, -0.2) is 4.98 Å². The Morgan fingerprint density at radius 1 is 1.50 bits per heavy atom. The Labute approximate surface area is 97.5 Å². The first-order valence-corrected chi connectivity index (χ1v) is 6.31. The molecule has 2 rings (SSSR count). The highest BCUT2D eigenvalue weighted by Crippen LogP contribution is 2.31. The Bertz CT molecular complexity index is 330. The number of nitrogens with one attached hydrogen (secondary N) is 1. The van der Waals surface area contributed by atoms with Gasteiger partial charge in [0.25, 0.3) is 0 Å². The molecule has 90 valence electrons. The van der Waals surface area contributed by atoms with E-state index >= 15 is 0 Å². The van der Waals surface area contributed by atoms with Crippen LogP contribution in [0.4, 0.5) is 0 Å². The maximum Gasteiger partial charge on any atom is 0.150 e. The fourth-order valence-electron chi connectivity index (χ4n) is 2.23. The lowest BCUT2D eigenvalue weighted by molar-refractivity contribution is 0.124. The van der Waals surface area contributed by atoms with Gasteiger partial charge in [-0.15, -0.1) is 0 Å². The Kier molecular flexibility index (Phi) is 3.59. The van der Waals surface area contributed by atoms with Crippen molar-refractivity contribution >= 4 is 0 Å². The summed E-state index contributed by atoms with van der Waals surface area (Å²) in [4.78, 5) is 6.82. The molecular formula is C12H22N4. The van der Waals surface area contributed by atoms with Crippen LogP contribution >= 0.6 is 0 Å². The van der Waals surface area contributed by atoms with Crippen LogP contribution in [0.5, 0.6) is 0 Å². The van der Waals surface area contributed by atoms with Gasteiger partial charge < -0.3 is 0 Å². The van der Waals surface area contributed by atoms with Crippen molar-refractivity contribution < 1.29 is 0 Å². The maximum atomic E-state index is 4.45. The van der Waals surface area contributed by atoms with Crippen LogP contribution < -0.4 is 0 Å². The van der Waals surface area contributed by atoms with Gasteiger partial charge in [0, 0.05) is 12.5 Å². The monoisotopic (exact) mass is 222 g/mol. The Balaban J connectivity index is 1.87. The molecule has 0 bridgehead atoms. The fourth-order valence-corrected chi connectivity index (χ4v) is 2.23. The summed E-state index contributed by atoms with van der Waals surface area (Å²) in [5, 5.41) is 7.18. The number of aromatic amines is 1. The van der Waals surface area contributed by atoms with Gasteiger partial charge >= 0.3 is 0 Å². The van der Waals surface area contributed by atoms with Gasteiger partial charge in [0.15, 0.2) is 0 Å². The Hall–Kier alpha value is -0.900. The molecule has 1 fully saturated rings. The van der Waals surface area contributed by atoms with Gasteiger partial charge in [0.1, 0.15) is 11.6 Å². The summed E-state index contributed by atoms with van der Waals surface area (Å²) >= 11 is 0. The summed E-state index contributed by atoms with van der Waals surface area (Å²) in [6, 6.07) is 0.656. The molecule has 0 amide bonds. The lowest BCUT2D eigenvalue weighted by atomic mass is 9.80. The highest BCUT2D eigenvalue weighted by Gasteiger charge is 2.26. The number of aryl methyl sites for hydroxylation is 1. The first-order valence-electron chi connectivity index (χ1n) is 6.31. The molecule has 1 heterocycles. The van der Waals surface area contributed by atoms with E-state index in [1.165, 1.54) is 19.3 Å². The molecule has 0 spiro atoms. The summed E-state index contributed by atoms with van der Waals surface area (Å²) in [6.07, 6.45) is 5.09. The molecule has 0 aromatic carbocycles. The fraction of sp³-hybridized carbons (Fsp3) is 0.833. The van der Waals surface area contributed by atoms with E-state index in [2.05, 4.69) is 41.0 Å². The zero-order valence-electron chi connectivity index (χ0n) is 10.5. The Morgan fingerprint density at radius 3 is 2.75 bits per heavy atom. The highest BCUT2D eigenvalue weighted by atomic mass is 15.2. The quantitative estimate of drug-likeness (QED) is 0.828. The van der Waals surface area contributed by atoms with E-state index in [4.69, 9.17) is 0 Å². The van der Waals surface area contributed by atoms with E-state index in [9.17, 15) is 0 Å². The van der Waals surface area contributed by atoms with Gasteiger partial charge in [-0.2, -0.15) is 5.10 Å². The minimum absolute atomic E-state index is 0.656. The summed E-state index contributed by atoms with van der Waals surface area (Å²) in [5.41, 5.74) is 0. The molecule has 0 radical (unpaired) electrons. The number of hydrogen-bond acceptors (Lipinski definition) is 3. The molecular weight excluding hydrogens is 200 g/mol. The lowest BCUT2D eigenvalue weighted by Crippen LogP contribution is -2.38. The van der Waals surface area contributed by atoms with Gasteiger partial charge in [-0.3, -0.25) is 10.00 Å². The lowest BCUT2D eigenvalue weighted by Gasteiger charge is -2.36. The van der Waals surface area contributed by atoms with Crippen LogP contribution in [0.2, 0.25) is 0 Å². The molecule has 1 aromatic rings. The number of rotatable bonds is 5. The normalized spacial score (nSPS) is 18.8. The second-order valence-electron chi connectivity index (χ2n) is 4.90. The van der Waals surface area contributed by atoms with Crippen molar-refractivity contribution in [3.63, 3.8) is 0 Å². The highest BCUT2D eigenvalue weighted by molar-refractivity contribution is 4.91. The first-order chi connectivity index (χ1) is 7.70. The average molecular weight is 222 g/mol. The first kappa shape index (κ1) is 11.6. The average Bonchev–Trinajstić information content (AvgIpc) is 2.62. The topological polar surface area (TPSA) is 44.8 Å². The standard InChI is InChI=1S/C12H22N4/c1-4-11-13-12(15-14-11)8-16(3)9(2)10-6-5-7-10/h9-10H,4-8H2,1-3H3,(H,13,14,15). The molecule has 4 nitrogen and oxygen atoms in total. The predicted octanol–water partition coefficient (Wildman–Crippen LogP) is 1.99. The summed E-state index contributed by atoms with van der Waals surface area (Å²) < 4.78 is 0. The molecule has 4 heteroatoms. The number of H-pyrrole nitrogens is 1. The van der Waals surface area contributed by atoms with Gasteiger partial charge in [-0.1, -0.05) is 13.3 Å². The van der Waals surface area contributed by atoms with Crippen LogP contribution in [0.3, 0.4) is 0 Å². The molecule has 1 atom stereocenters. The molecule has 1 aliphatic rings. The third-order valence-electron chi connectivity index (χ3n) is 3.82. The molecule has 1 saturated carbocycles. The zero-order valence-corrected chi connectivity index (χ0v) is 10.5. The molecule has 0 saturated heterocycles. The molecule has 1 aromatic heterocycles. The molecule has 16 heavy (non-hydrogen) atoms. The van der Waals surface area contributed by atoms with Crippen LogP contribution in [-0.4, -0.2) is 33.2 Å². The zero-order chi connectivity index (χ0) is 11.5. The second-order valence-corrected chi connectivity index (χ2v) is 4.90. The van der Waals surface area contributed by atoms with Crippen LogP contribution in [-0.2, 0) is 13.0 Å². The summed E-state index contributed by atoms with van der Waals surface area (Å²) in [7, 11) is 2.18. The molecule has 0 aliphatic heterocycles. The minimum Gasteiger partial charge on any atom is -0.296 e. The van der Waals surface area contributed by atoms with E-state index in [0.717, 1.165) is 30.5 Å². The summed E-state index contributed by atoms with van der Waals surface area (Å²) in [5.74, 6) is 2.80. The van der Waals surface area contributed by atoms with Crippen molar-refractivity contribution in [1.29, 1.82) is 0 Å². The van der Waals surface area contributed by atoms with E-state index in [1.807, 2.05) is 0 Å². The van der Waals surface area contributed by atoms with Crippen molar-refractivity contribution in [1.82, 2.24) is 20.1 Å². The predicted molar refractivity (Wildman–Crippen MR) is 64.0 cm³/mol. The van der Waals surface area contributed by atoms with Crippen molar-refractivity contribution in [2.75, 3.05) is 7.05 Å². The van der Waals surface area contributed by atoms with E-state index in [-0.39, 0.29) is 0 Å². The number of aromatic nitrogens is 3. The van der Waals surface area contributed by atoms with Gasteiger partial charge in [0.05, 0.1) is 6.54 Å². The van der Waals surface area contributed by atoms with Crippen molar-refractivity contribution in [3.8, 4) is 0 Å². The Morgan fingerprint density at radius 2 is 2.25 bits per heavy atom. The molecule has 1 N–H and O–H groups in total. The largest absolute Gasteiger partial charge is 0.296 e. The van der Waals surface area contributed by atoms with Crippen molar-refractivity contribution in [3.05, 3.63) is 11.6 Å². The van der Waals surface area contributed by atoms with Crippen LogP contribution in [0, 0.1) is 5.92 Å². The van der Waals surface area contributed by atoms with Crippen LogP contribution in [0.15, 0.2) is 0 Å². The van der Waals surface area contributed by atoms with Crippen molar-refractivity contribution in [2.24, 2.45) is 5.92 Å². The minimum atomic E-state index is 0.656. The van der Waals surface area contributed by atoms with Crippen LogP contribution in [0.25, 0.3) is 0 Å². The second kappa shape index (κ2) is 4.95. The number of hydrogen-bond donors (Lipinski definition) is 1. The third-order valence-corrected chi connectivity index (χ3v) is 3.82. The SMILES string of the molecule is CCc1n[nH]c(CN(C)C(C)C2CCC2)n1. The third kappa shape index (κ3) is 2.43. The maximum absolute atomic E-state index is 4.45. The van der Waals surface area contributed by atoms with Gasteiger partial charge in [0.2, 0.25) is 0 Å².